The fourth-order valence-electron chi connectivity index (χ4n) is 1.69. The van der Waals surface area contributed by atoms with Crippen molar-refractivity contribution < 1.29 is 14.7 Å². The summed E-state index contributed by atoms with van der Waals surface area (Å²) in [7, 11) is 1.86. The van der Waals surface area contributed by atoms with Crippen molar-refractivity contribution in [2.24, 2.45) is 0 Å². The first-order chi connectivity index (χ1) is 9.02. The summed E-state index contributed by atoms with van der Waals surface area (Å²) in [5, 5.41) is 11.6. The second kappa shape index (κ2) is 7.53. The number of benzene rings is 1. The number of carbonyl (C=O) groups is 2. The third-order valence-electron chi connectivity index (χ3n) is 2.64. The standard InChI is InChI=1S/C14H20N2O3/c1-3-8-15-13(17)10-16(2)9-11-4-6-12(7-5-11)14(18)19/h4-7H,3,8-10H2,1-2H3,(H,15,17)(H,18,19). The highest BCUT2D eigenvalue weighted by atomic mass is 16.4. The van der Waals surface area contributed by atoms with Crippen LogP contribution in [0.2, 0.25) is 0 Å². The van der Waals surface area contributed by atoms with Gasteiger partial charge in [0, 0.05) is 13.1 Å². The lowest BCUT2D eigenvalue weighted by molar-refractivity contribution is -0.122. The summed E-state index contributed by atoms with van der Waals surface area (Å²) in [6, 6.07) is 6.68. The van der Waals surface area contributed by atoms with E-state index in [1.165, 1.54) is 0 Å². The van der Waals surface area contributed by atoms with Crippen LogP contribution in [0.1, 0.15) is 29.3 Å². The molecule has 2 N–H and O–H groups in total. The van der Waals surface area contributed by atoms with Crippen molar-refractivity contribution >= 4 is 11.9 Å². The maximum Gasteiger partial charge on any atom is 0.335 e. The quantitative estimate of drug-likeness (QED) is 0.780. The van der Waals surface area contributed by atoms with Gasteiger partial charge in [-0.3, -0.25) is 9.69 Å². The van der Waals surface area contributed by atoms with Crippen LogP contribution >= 0.6 is 0 Å². The van der Waals surface area contributed by atoms with Crippen molar-refractivity contribution in [2.45, 2.75) is 19.9 Å². The molecule has 5 nitrogen and oxygen atoms in total. The summed E-state index contributed by atoms with van der Waals surface area (Å²) < 4.78 is 0. The third-order valence-corrected chi connectivity index (χ3v) is 2.64. The van der Waals surface area contributed by atoms with Gasteiger partial charge in [0.15, 0.2) is 0 Å². The van der Waals surface area contributed by atoms with Gasteiger partial charge >= 0.3 is 5.97 Å². The molecule has 1 aromatic rings. The van der Waals surface area contributed by atoms with Crippen molar-refractivity contribution in [3.05, 3.63) is 35.4 Å². The summed E-state index contributed by atoms with van der Waals surface area (Å²) >= 11 is 0. The molecule has 0 radical (unpaired) electrons. The summed E-state index contributed by atoms with van der Waals surface area (Å²) in [6.45, 7) is 3.65. The molecule has 1 aromatic carbocycles. The van der Waals surface area contributed by atoms with E-state index in [1.807, 2.05) is 18.9 Å². The normalized spacial score (nSPS) is 10.5. The Morgan fingerprint density at radius 2 is 1.89 bits per heavy atom. The Morgan fingerprint density at radius 3 is 2.42 bits per heavy atom. The van der Waals surface area contributed by atoms with Gasteiger partial charge in [-0.15, -0.1) is 0 Å². The Morgan fingerprint density at radius 1 is 1.26 bits per heavy atom. The average molecular weight is 264 g/mol. The zero-order valence-electron chi connectivity index (χ0n) is 11.3. The minimum Gasteiger partial charge on any atom is -0.478 e. The molecule has 0 atom stereocenters. The van der Waals surface area contributed by atoms with E-state index in [4.69, 9.17) is 5.11 Å². The van der Waals surface area contributed by atoms with Crippen LogP contribution < -0.4 is 5.32 Å². The van der Waals surface area contributed by atoms with E-state index >= 15 is 0 Å². The van der Waals surface area contributed by atoms with E-state index < -0.39 is 5.97 Å². The Balaban J connectivity index is 2.45. The summed E-state index contributed by atoms with van der Waals surface area (Å²) in [5.41, 5.74) is 1.25. The van der Waals surface area contributed by atoms with Gasteiger partial charge in [-0.25, -0.2) is 4.79 Å². The zero-order valence-corrected chi connectivity index (χ0v) is 11.3. The van der Waals surface area contributed by atoms with Crippen LogP contribution in [-0.4, -0.2) is 42.0 Å². The first-order valence-electron chi connectivity index (χ1n) is 6.30. The number of nitrogens with zero attached hydrogens (tertiary/aromatic N) is 1. The molecule has 0 aliphatic rings. The van der Waals surface area contributed by atoms with E-state index in [2.05, 4.69) is 5.32 Å². The predicted octanol–water partition coefficient (Wildman–Crippen LogP) is 1.34. The SMILES string of the molecule is CCCNC(=O)CN(C)Cc1ccc(C(=O)O)cc1. The van der Waals surface area contributed by atoms with Crippen molar-refractivity contribution in [3.8, 4) is 0 Å². The number of hydrogen-bond acceptors (Lipinski definition) is 3. The fourth-order valence-corrected chi connectivity index (χ4v) is 1.69. The number of carbonyl (C=O) groups excluding carboxylic acids is 1. The molecular formula is C14H20N2O3. The van der Waals surface area contributed by atoms with Gasteiger partial charge in [-0.05, 0) is 31.2 Å². The molecule has 0 aliphatic heterocycles. The van der Waals surface area contributed by atoms with Gasteiger partial charge in [-0.2, -0.15) is 0 Å². The number of hydrogen-bond donors (Lipinski definition) is 2. The lowest BCUT2D eigenvalue weighted by Gasteiger charge is -2.16. The molecule has 0 unspecified atom stereocenters. The van der Waals surface area contributed by atoms with Crippen LogP contribution in [-0.2, 0) is 11.3 Å². The van der Waals surface area contributed by atoms with Gasteiger partial charge in [0.1, 0.15) is 0 Å². The lowest BCUT2D eigenvalue weighted by atomic mass is 10.1. The monoisotopic (exact) mass is 264 g/mol. The summed E-state index contributed by atoms with van der Waals surface area (Å²) in [6.07, 6.45) is 0.923. The molecule has 0 saturated carbocycles. The third kappa shape index (κ3) is 5.52. The predicted molar refractivity (Wildman–Crippen MR) is 73.0 cm³/mol. The Kier molecular flexibility index (Phi) is 6.02. The molecule has 0 aromatic heterocycles. The number of carboxylic acids is 1. The van der Waals surface area contributed by atoms with Crippen molar-refractivity contribution in [2.75, 3.05) is 20.1 Å². The second-order valence-corrected chi connectivity index (χ2v) is 4.52. The topological polar surface area (TPSA) is 69.6 Å². The summed E-state index contributed by atoms with van der Waals surface area (Å²) in [5.74, 6) is -0.926. The van der Waals surface area contributed by atoms with Crippen LogP contribution in [0.5, 0.6) is 0 Å². The van der Waals surface area contributed by atoms with Crippen molar-refractivity contribution in [3.63, 3.8) is 0 Å². The van der Waals surface area contributed by atoms with Crippen molar-refractivity contribution in [1.29, 1.82) is 0 Å². The smallest absolute Gasteiger partial charge is 0.335 e. The second-order valence-electron chi connectivity index (χ2n) is 4.52. The molecule has 1 amide bonds. The molecule has 0 fully saturated rings. The first kappa shape index (κ1) is 15.2. The number of amides is 1. The highest BCUT2D eigenvalue weighted by molar-refractivity contribution is 5.87. The van der Waals surface area contributed by atoms with Gasteiger partial charge < -0.3 is 10.4 Å². The van der Waals surface area contributed by atoms with Crippen LogP contribution in [0.15, 0.2) is 24.3 Å². The van der Waals surface area contributed by atoms with Gasteiger partial charge in [-0.1, -0.05) is 19.1 Å². The Labute approximate surface area is 113 Å². The highest BCUT2D eigenvalue weighted by Gasteiger charge is 2.07. The molecule has 0 saturated heterocycles. The Hall–Kier alpha value is -1.88. The number of rotatable bonds is 7. The molecule has 0 aliphatic carbocycles. The largest absolute Gasteiger partial charge is 0.478 e. The number of aromatic carboxylic acids is 1. The fraction of sp³-hybridized carbons (Fsp3) is 0.429. The van der Waals surface area contributed by atoms with Crippen LogP contribution in [0, 0.1) is 0 Å². The Bertz CT molecular complexity index is 429. The minimum atomic E-state index is -0.932. The minimum absolute atomic E-state index is 0.00602. The molecule has 0 bridgehead atoms. The van der Waals surface area contributed by atoms with E-state index in [0.717, 1.165) is 12.0 Å². The molecule has 0 heterocycles. The lowest BCUT2D eigenvalue weighted by Crippen LogP contribution is -2.35. The van der Waals surface area contributed by atoms with Gasteiger partial charge in [0.25, 0.3) is 0 Å². The van der Waals surface area contributed by atoms with E-state index in [0.29, 0.717) is 19.6 Å². The molecule has 104 valence electrons. The van der Waals surface area contributed by atoms with Gasteiger partial charge in [0.2, 0.25) is 5.91 Å². The zero-order chi connectivity index (χ0) is 14.3. The van der Waals surface area contributed by atoms with Crippen molar-refractivity contribution in [1.82, 2.24) is 10.2 Å². The number of nitrogens with one attached hydrogen (secondary N) is 1. The number of carboxylic acid groups (broad SMARTS) is 1. The van der Waals surface area contributed by atoms with Gasteiger partial charge in [0.05, 0.1) is 12.1 Å². The van der Waals surface area contributed by atoms with E-state index in [1.54, 1.807) is 24.3 Å². The molecular weight excluding hydrogens is 244 g/mol. The molecule has 0 spiro atoms. The average Bonchev–Trinajstić information content (AvgIpc) is 2.36. The van der Waals surface area contributed by atoms with Crippen LogP contribution in [0.25, 0.3) is 0 Å². The van der Waals surface area contributed by atoms with E-state index in [-0.39, 0.29) is 11.5 Å². The van der Waals surface area contributed by atoms with Crippen LogP contribution in [0.3, 0.4) is 0 Å². The summed E-state index contributed by atoms with van der Waals surface area (Å²) in [4.78, 5) is 24.1. The van der Waals surface area contributed by atoms with E-state index in [9.17, 15) is 9.59 Å². The van der Waals surface area contributed by atoms with Crippen LogP contribution in [0.4, 0.5) is 0 Å². The number of likely N-dealkylation sites (N-methyl/N-ethyl adjacent to an activating group) is 1. The maximum atomic E-state index is 11.5. The maximum absolute atomic E-state index is 11.5. The highest BCUT2D eigenvalue weighted by Crippen LogP contribution is 2.06. The molecule has 1 rings (SSSR count). The first-order valence-corrected chi connectivity index (χ1v) is 6.30. The molecule has 5 heteroatoms. The molecule has 19 heavy (non-hydrogen) atoms.